The van der Waals surface area contributed by atoms with Crippen LogP contribution in [-0.4, -0.2) is 45.0 Å². The van der Waals surface area contributed by atoms with Gasteiger partial charge in [0.05, 0.1) is 17.8 Å². The molecule has 1 aromatic carbocycles. The molecule has 0 amide bonds. The van der Waals surface area contributed by atoms with Crippen LogP contribution in [0.25, 0.3) is 27.8 Å². The van der Waals surface area contributed by atoms with Gasteiger partial charge in [0.25, 0.3) is 0 Å². The number of carbonyl (C=O) groups is 1. The number of pyridine rings is 1. The Morgan fingerprint density at radius 1 is 1.21 bits per heavy atom. The van der Waals surface area contributed by atoms with Crippen molar-refractivity contribution in [1.82, 2.24) is 24.5 Å². The summed E-state index contributed by atoms with van der Waals surface area (Å²) in [6, 6.07) is 6.62. The Kier molecular flexibility index (Phi) is 5.90. The van der Waals surface area contributed by atoms with Gasteiger partial charge in [-0.15, -0.1) is 0 Å². The first-order chi connectivity index (χ1) is 16.4. The van der Waals surface area contributed by atoms with Gasteiger partial charge in [-0.2, -0.15) is 5.10 Å². The van der Waals surface area contributed by atoms with E-state index in [1.165, 1.54) is 11.1 Å². The molecule has 0 bridgehead atoms. The second-order valence-corrected chi connectivity index (χ2v) is 9.57. The van der Waals surface area contributed by atoms with Crippen LogP contribution in [0.1, 0.15) is 67.7 Å². The summed E-state index contributed by atoms with van der Waals surface area (Å²) in [5.41, 5.74) is 8.26. The fourth-order valence-electron chi connectivity index (χ4n) is 5.41. The third-order valence-electron chi connectivity index (χ3n) is 7.25. The van der Waals surface area contributed by atoms with E-state index >= 15 is 0 Å². The van der Waals surface area contributed by atoms with Gasteiger partial charge in [0.2, 0.25) is 0 Å². The molecule has 1 aliphatic heterocycles. The molecule has 34 heavy (non-hydrogen) atoms. The highest BCUT2D eigenvalue weighted by Gasteiger charge is 2.28. The Bertz CT molecular complexity index is 1380. The van der Waals surface area contributed by atoms with E-state index < -0.39 is 0 Å². The molecule has 1 aliphatic rings. The number of aromatic nitrogens is 4. The van der Waals surface area contributed by atoms with Crippen molar-refractivity contribution in [3.05, 3.63) is 53.0 Å². The highest BCUT2D eigenvalue weighted by Crippen LogP contribution is 2.42. The molecule has 0 unspecified atom stereocenters. The molecule has 178 valence electrons. The SMILES string of the molecule is CCOC(=O)n1c(-c2cn3ncnc3c(C)c2C)c(C(C)C)c2cc(C3CCNCC3)ccc21. The molecule has 4 aromatic rings. The lowest BCUT2D eigenvalue weighted by Gasteiger charge is -2.23. The molecule has 0 saturated carbocycles. The molecule has 5 rings (SSSR count). The van der Waals surface area contributed by atoms with Crippen LogP contribution in [0.5, 0.6) is 0 Å². The van der Waals surface area contributed by atoms with Crippen LogP contribution < -0.4 is 5.32 Å². The summed E-state index contributed by atoms with van der Waals surface area (Å²) in [4.78, 5) is 17.8. The molecule has 0 spiro atoms. The van der Waals surface area contributed by atoms with Gasteiger partial charge in [-0.1, -0.05) is 19.9 Å². The van der Waals surface area contributed by atoms with Gasteiger partial charge in [0.1, 0.15) is 6.33 Å². The maximum Gasteiger partial charge on any atom is 0.418 e. The van der Waals surface area contributed by atoms with E-state index in [1.54, 1.807) is 15.4 Å². The van der Waals surface area contributed by atoms with Crippen LogP contribution in [-0.2, 0) is 4.74 Å². The Hall–Kier alpha value is -3.19. The number of hydrogen-bond donors (Lipinski definition) is 1. The normalized spacial score (nSPS) is 15.0. The molecule has 0 radical (unpaired) electrons. The Morgan fingerprint density at radius 3 is 2.68 bits per heavy atom. The minimum Gasteiger partial charge on any atom is -0.449 e. The number of nitrogens with one attached hydrogen (secondary N) is 1. The largest absolute Gasteiger partial charge is 0.449 e. The number of aryl methyl sites for hydroxylation is 1. The van der Waals surface area contributed by atoms with Gasteiger partial charge in [0.15, 0.2) is 5.65 Å². The summed E-state index contributed by atoms with van der Waals surface area (Å²) in [7, 11) is 0. The number of fused-ring (bicyclic) bond motifs is 2. The summed E-state index contributed by atoms with van der Waals surface area (Å²) < 4.78 is 9.13. The van der Waals surface area contributed by atoms with E-state index in [2.05, 4.69) is 61.3 Å². The van der Waals surface area contributed by atoms with Crippen molar-refractivity contribution >= 4 is 22.6 Å². The van der Waals surface area contributed by atoms with Crippen molar-refractivity contribution in [2.24, 2.45) is 0 Å². The van der Waals surface area contributed by atoms with Crippen molar-refractivity contribution in [3.63, 3.8) is 0 Å². The number of rotatable bonds is 4. The third kappa shape index (κ3) is 3.59. The number of hydrogen-bond acceptors (Lipinski definition) is 5. The molecule has 1 N–H and O–H groups in total. The van der Waals surface area contributed by atoms with E-state index in [9.17, 15) is 4.79 Å². The minimum absolute atomic E-state index is 0.211. The third-order valence-corrected chi connectivity index (χ3v) is 7.25. The molecule has 0 aliphatic carbocycles. The average Bonchev–Trinajstić information content (AvgIpc) is 3.44. The zero-order chi connectivity index (χ0) is 24.0. The highest BCUT2D eigenvalue weighted by molar-refractivity contribution is 6.00. The van der Waals surface area contributed by atoms with Crippen molar-refractivity contribution in [3.8, 4) is 11.3 Å². The first-order valence-corrected chi connectivity index (χ1v) is 12.3. The van der Waals surface area contributed by atoms with Crippen LogP contribution in [0.3, 0.4) is 0 Å². The lowest BCUT2D eigenvalue weighted by molar-refractivity contribution is 0.155. The van der Waals surface area contributed by atoms with Crippen LogP contribution in [0, 0.1) is 13.8 Å². The first kappa shape index (κ1) is 22.6. The van der Waals surface area contributed by atoms with Crippen molar-refractivity contribution in [1.29, 1.82) is 0 Å². The molecule has 7 nitrogen and oxygen atoms in total. The van der Waals surface area contributed by atoms with E-state index in [0.29, 0.717) is 12.5 Å². The fraction of sp³-hybridized carbons (Fsp3) is 0.444. The van der Waals surface area contributed by atoms with E-state index in [1.807, 2.05) is 13.1 Å². The van der Waals surface area contributed by atoms with E-state index in [4.69, 9.17) is 4.74 Å². The van der Waals surface area contributed by atoms with E-state index in [-0.39, 0.29) is 12.0 Å². The predicted molar refractivity (Wildman–Crippen MR) is 135 cm³/mol. The van der Waals surface area contributed by atoms with E-state index in [0.717, 1.165) is 64.9 Å². The number of benzene rings is 1. The predicted octanol–water partition coefficient (Wildman–Crippen LogP) is 5.56. The molecular weight excluding hydrogens is 426 g/mol. The maximum atomic E-state index is 13.4. The van der Waals surface area contributed by atoms with Crippen LogP contribution in [0.4, 0.5) is 4.79 Å². The first-order valence-electron chi connectivity index (χ1n) is 12.3. The van der Waals surface area contributed by atoms with Gasteiger partial charge in [-0.3, -0.25) is 0 Å². The zero-order valence-electron chi connectivity index (χ0n) is 20.7. The summed E-state index contributed by atoms with van der Waals surface area (Å²) in [5.74, 6) is 0.748. The quantitative estimate of drug-likeness (QED) is 0.432. The van der Waals surface area contributed by atoms with Gasteiger partial charge >= 0.3 is 6.09 Å². The molecule has 0 atom stereocenters. The maximum absolute atomic E-state index is 13.4. The van der Waals surface area contributed by atoms with Gasteiger partial charge in [0, 0.05) is 17.1 Å². The summed E-state index contributed by atoms with van der Waals surface area (Å²) in [6.07, 6.45) is 5.49. The molecule has 7 heteroatoms. The summed E-state index contributed by atoms with van der Waals surface area (Å²) in [5, 5.41) is 8.99. The summed E-state index contributed by atoms with van der Waals surface area (Å²) in [6.45, 7) is 12.8. The zero-order valence-corrected chi connectivity index (χ0v) is 20.7. The Balaban J connectivity index is 1.84. The number of carbonyl (C=O) groups excluding carboxylic acids is 1. The van der Waals surface area contributed by atoms with Gasteiger partial charge in [-0.25, -0.2) is 18.9 Å². The molecule has 1 saturated heterocycles. The number of nitrogens with zero attached hydrogens (tertiary/aromatic N) is 4. The number of piperidine rings is 1. The van der Waals surface area contributed by atoms with Crippen LogP contribution in [0.15, 0.2) is 30.7 Å². The lowest BCUT2D eigenvalue weighted by atomic mass is 9.88. The molecule has 3 aromatic heterocycles. The monoisotopic (exact) mass is 459 g/mol. The second-order valence-electron chi connectivity index (χ2n) is 9.57. The Labute approximate surface area is 200 Å². The van der Waals surface area contributed by atoms with Crippen molar-refractivity contribution < 1.29 is 9.53 Å². The molecule has 1 fully saturated rings. The fourth-order valence-corrected chi connectivity index (χ4v) is 5.41. The second kappa shape index (κ2) is 8.87. The average molecular weight is 460 g/mol. The van der Waals surface area contributed by atoms with Crippen molar-refractivity contribution in [2.75, 3.05) is 19.7 Å². The van der Waals surface area contributed by atoms with Crippen molar-refractivity contribution in [2.45, 2.75) is 59.3 Å². The minimum atomic E-state index is -0.347. The smallest absolute Gasteiger partial charge is 0.418 e. The van der Waals surface area contributed by atoms with Crippen LogP contribution >= 0.6 is 0 Å². The highest BCUT2D eigenvalue weighted by atomic mass is 16.5. The standard InChI is InChI=1S/C27H33N5O2/c1-6-34-27(33)32-23-8-7-20(19-9-11-28-12-10-19)13-21(23)24(16(2)3)25(32)22-14-31-26(29-15-30-31)18(5)17(22)4/h7-8,13-16,19,28H,6,9-12H2,1-5H3. The van der Waals surface area contributed by atoms with Gasteiger partial charge < -0.3 is 10.1 Å². The summed E-state index contributed by atoms with van der Waals surface area (Å²) >= 11 is 0. The molecule has 4 heterocycles. The number of ether oxygens (including phenoxy) is 1. The molecular formula is C27H33N5O2. The Morgan fingerprint density at radius 2 is 1.97 bits per heavy atom. The van der Waals surface area contributed by atoms with Gasteiger partial charge in [-0.05, 0) is 92.9 Å². The van der Waals surface area contributed by atoms with Crippen LogP contribution in [0.2, 0.25) is 0 Å². The lowest BCUT2D eigenvalue weighted by Crippen LogP contribution is -2.26. The topological polar surface area (TPSA) is 73.5 Å².